The van der Waals surface area contributed by atoms with E-state index in [2.05, 4.69) is 5.32 Å². The van der Waals surface area contributed by atoms with Crippen LogP contribution in [0.3, 0.4) is 0 Å². The fourth-order valence-electron chi connectivity index (χ4n) is 3.09. The van der Waals surface area contributed by atoms with Gasteiger partial charge in [0.05, 0.1) is 13.0 Å². The predicted molar refractivity (Wildman–Crippen MR) is 102 cm³/mol. The van der Waals surface area contributed by atoms with Crippen molar-refractivity contribution in [1.29, 1.82) is 0 Å². The lowest BCUT2D eigenvalue weighted by Crippen LogP contribution is -2.34. The summed E-state index contributed by atoms with van der Waals surface area (Å²) < 4.78 is 16.3. The summed E-state index contributed by atoms with van der Waals surface area (Å²) in [5.41, 5.74) is 2.30. The van der Waals surface area contributed by atoms with Crippen LogP contribution in [0.15, 0.2) is 36.4 Å². The third-order valence-corrected chi connectivity index (χ3v) is 4.51. The van der Waals surface area contributed by atoms with Crippen LogP contribution in [0.4, 0.5) is 0 Å². The summed E-state index contributed by atoms with van der Waals surface area (Å²) >= 11 is 0. The first-order valence-electron chi connectivity index (χ1n) is 9.02. The molecular formula is C21H23NO6. The van der Waals surface area contributed by atoms with E-state index in [1.54, 1.807) is 12.1 Å². The van der Waals surface area contributed by atoms with E-state index in [0.29, 0.717) is 42.4 Å². The van der Waals surface area contributed by atoms with Gasteiger partial charge in [-0.1, -0.05) is 29.8 Å². The number of hydrogen-bond acceptors (Lipinski definition) is 5. The largest absolute Gasteiger partial charge is 0.493 e. The van der Waals surface area contributed by atoms with Gasteiger partial charge in [-0.2, -0.15) is 0 Å². The van der Waals surface area contributed by atoms with Gasteiger partial charge in [-0.15, -0.1) is 0 Å². The number of rotatable bonds is 7. The van der Waals surface area contributed by atoms with Crippen molar-refractivity contribution in [3.8, 4) is 17.2 Å². The molecule has 0 saturated carbocycles. The van der Waals surface area contributed by atoms with Crippen LogP contribution in [0.25, 0.3) is 0 Å². The Morgan fingerprint density at radius 1 is 1.21 bits per heavy atom. The number of nitrogens with one attached hydrogen (secondary N) is 1. The molecule has 1 aliphatic rings. The number of fused-ring (bicyclic) bond motifs is 1. The molecule has 0 spiro atoms. The Kier molecular flexibility index (Phi) is 6.03. The number of hydrogen-bond donors (Lipinski definition) is 2. The second kappa shape index (κ2) is 8.65. The van der Waals surface area contributed by atoms with Gasteiger partial charge >= 0.3 is 5.97 Å². The molecule has 3 rings (SSSR count). The lowest BCUT2D eigenvalue weighted by Gasteiger charge is -2.21. The molecule has 1 amide bonds. The molecule has 0 aliphatic carbocycles. The van der Waals surface area contributed by atoms with Crippen molar-refractivity contribution in [2.24, 2.45) is 5.92 Å². The molecule has 7 heteroatoms. The quantitative estimate of drug-likeness (QED) is 0.760. The molecule has 2 aromatic carbocycles. The average Bonchev–Trinajstić information content (AvgIpc) is 2.69. The van der Waals surface area contributed by atoms with E-state index in [4.69, 9.17) is 14.2 Å². The van der Waals surface area contributed by atoms with Crippen LogP contribution in [0.1, 0.15) is 21.5 Å². The molecule has 148 valence electrons. The van der Waals surface area contributed by atoms with E-state index in [9.17, 15) is 14.7 Å². The molecular weight excluding hydrogens is 362 g/mol. The molecule has 7 nitrogen and oxygen atoms in total. The Balaban J connectivity index is 1.70. The summed E-state index contributed by atoms with van der Waals surface area (Å²) in [6, 6.07) is 10.8. The third kappa shape index (κ3) is 4.54. The van der Waals surface area contributed by atoms with Crippen molar-refractivity contribution >= 4 is 11.9 Å². The number of carboxylic acid groups (broad SMARTS) is 1. The minimum Gasteiger partial charge on any atom is -0.493 e. The van der Waals surface area contributed by atoms with Gasteiger partial charge in [0.1, 0.15) is 13.2 Å². The first kappa shape index (κ1) is 19.5. The van der Waals surface area contributed by atoms with Crippen molar-refractivity contribution in [3.05, 3.63) is 53.1 Å². The Morgan fingerprint density at radius 2 is 2.00 bits per heavy atom. The maximum Gasteiger partial charge on any atom is 0.308 e. The molecule has 1 aliphatic heterocycles. The zero-order valence-electron chi connectivity index (χ0n) is 15.9. The van der Waals surface area contributed by atoms with Gasteiger partial charge in [-0.05, 0) is 31.0 Å². The lowest BCUT2D eigenvalue weighted by molar-refractivity contribution is -0.141. The second-order valence-electron chi connectivity index (χ2n) is 6.64. The fourth-order valence-corrected chi connectivity index (χ4v) is 3.09. The van der Waals surface area contributed by atoms with E-state index in [1.165, 1.54) is 7.11 Å². The second-order valence-corrected chi connectivity index (χ2v) is 6.64. The highest BCUT2D eigenvalue weighted by atomic mass is 16.6. The topological polar surface area (TPSA) is 94.1 Å². The summed E-state index contributed by atoms with van der Waals surface area (Å²) in [6.45, 7) is 2.77. The van der Waals surface area contributed by atoms with Gasteiger partial charge in [0.15, 0.2) is 11.5 Å². The summed E-state index contributed by atoms with van der Waals surface area (Å²) in [5, 5.41) is 12.2. The molecule has 28 heavy (non-hydrogen) atoms. The molecule has 0 radical (unpaired) electrons. The van der Waals surface area contributed by atoms with E-state index in [0.717, 1.165) is 11.1 Å². The highest BCUT2D eigenvalue weighted by Gasteiger charge is 2.23. The highest BCUT2D eigenvalue weighted by molar-refractivity contribution is 5.95. The van der Waals surface area contributed by atoms with Gasteiger partial charge in [0.25, 0.3) is 5.91 Å². The zero-order valence-corrected chi connectivity index (χ0v) is 15.9. The van der Waals surface area contributed by atoms with Crippen LogP contribution in [0.5, 0.6) is 17.2 Å². The van der Waals surface area contributed by atoms with Gasteiger partial charge < -0.3 is 24.6 Å². The van der Waals surface area contributed by atoms with Gasteiger partial charge in [-0.3, -0.25) is 9.59 Å². The fraction of sp³-hybridized carbons (Fsp3) is 0.333. The molecule has 2 N–H and O–H groups in total. The van der Waals surface area contributed by atoms with E-state index < -0.39 is 17.8 Å². The number of aryl methyl sites for hydroxylation is 1. The maximum absolute atomic E-state index is 12.6. The molecule has 0 bridgehead atoms. The molecule has 0 fully saturated rings. The van der Waals surface area contributed by atoms with Gasteiger partial charge in [0.2, 0.25) is 5.75 Å². The smallest absolute Gasteiger partial charge is 0.308 e. The lowest BCUT2D eigenvalue weighted by atomic mass is 9.98. The molecule has 1 atom stereocenters. The SMILES string of the molecule is COc1cc(C(=O)NCC(Cc2cccc(C)c2)C(=O)O)cc2c1OCCO2. The predicted octanol–water partition coefficient (Wildman–Crippen LogP) is 2.45. The van der Waals surface area contributed by atoms with Crippen LogP contribution in [-0.2, 0) is 11.2 Å². The number of ether oxygens (including phenoxy) is 3. The number of carbonyl (C=O) groups excluding carboxylic acids is 1. The standard InChI is InChI=1S/C21H23NO6/c1-13-4-3-5-14(8-13)9-16(21(24)25)12-22-20(23)15-10-17(26-2)19-18(11-15)27-6-7-28-19/h3-5,8,10-11,16H,6-7,9,12H2,1-2H3,(H,22,23)(H,24,25). The monoisotopic (exact) mass is 385 g/mol. The van der Waals surface area contributed by atoms with Crippen molar-refractivity contribution in [1.82, 2.24) is 5.32 Å². The normalized spacial score (nSPS) is 13.5. The molecule has 0 aromatic heterocycles. The number of benzene rings is 2. The van der Waals surface area contributed by atoms with Gasteiger partial charge in [0, 0.05) is 12.1 Å². The number of methoxy groups -OCH3 is 1. The Hall–Kier alpha value is -3.22. The minimum absolute atomic E-state index is 0.0128. The Bertz CT molecular complexity index is 862. The Labute approximate surface area is 163 Å². The summed E-state index contributed by atoms with van der Waals surface area (Å²) in [7, 11) is 1.48. The summed E-state index contributed by atoms with van der Waals surface area (Å²) in [4.78, 5) is 24.2. The van der Waals surface area contributed by atoms with Crippen molar-refractivity contribution in [3.63, 3.8) is 0 Å². The van der Waals surface area contributed by atoms with E-state index >= 15 is 0 Å². The highest BCUT2D eigenvalue weighted by Crippen LogP contribution is 2.40. The number of carbonyl (C=O) groups is 2. The molecule has 1 unspecified atom stereocenters. The van der Waals surface area contributed by atoms with Crippen molar-refractivity contribution in [2.75, 3.05) is 26.9 Å². The summed E-state index contributed by atoms with van der Waals surface area (Å²) in [6.07, 6.45) is 0.335. The van der Waals surface area contributed by atoms with Crippen LogP contribution >= 0.6 is 0 Å². The Morgan fingerprint density at radius 3 is 2.71 bits per heavy atom. The first-order valence-corrected chi connectivity index (χ1v) is 9.02. The summed E-state index contributed by atoms with van der Waals surface area (Å²) in [5.74, 6) is -0.785. The first-order chi connectivity index (χ1) is 13.5. The number of amides is 1. The zero-order chi connectivity index (χ0) is 20.1. The van der Waals surface area contributed by atoms with Crippen LogP contribution in [0, 0.1) is 12.8 Å². The molecule has 2 aromatic rings. The minimum atomic E-state index is -0.957. The number of aliphatic carboxylic acids is 1. The van der Waals surface area contributed by atoms with E-state index in [1.807, 2.05) is 31.2 Å². The van der Waals surface area contributed by atoms with Crippen molar-refractivity contribution < 1.29 is 28.9 Å². The molecule has 0 saturated heterocycles. The van der Waals surface area contributed by atoms with Crippen LogP contribution in [-0.4, -0.2) is 43.9 Å². The number of carboxylic acids is 1. The van der Waals surface area contributed by atoms with Gasteiger partial charge in [-0.25, -0.2) is 0 Å². The maximum atomic E-state index is 12.6. The average molecular weight is 385 g/mol. The van der Waals surface area contributed by atoms with Crippen LogP contribution in [0.2, 0.25) is 0 Å². The third-order valence-electron chi connectivity index (χ3n) is 4.51. The molecule has 1 heterocycles. The van der Waals surface area contributed by atoms with E-state index in [-0.39, 0.29) is 6.54 Å². The van der Waals surface area contributed by atoms with Crippen molar-refractivity contribution in [2.45, 2.75) is 13.3 Å². The van der Waals surface area contributed by atoms with Crippen LogP contribution < -0.4 is 19.5 Å².